The summed E-state index contributed by atoms with van der Waals surface area (Å²) in [4.78, 5) is 27.6. The van der Waals surface area contributed by atoms with Crippen LogP contribution in [-0.4, -0.2) is 67.2 Å². The number of nitrogens with zero attached hydrogens (tertiary/aromatic N) is 2. The normalized spacial score (nSPS) is 20.5. The van der Waals surface area contributed by atoms with Gasteiger partial charge in [0.25, 0.3) is 0 Å². The van der Waals surface area contributed by atoms with Crippen LogP contribution in [0.5, 0.6) is 0 Å². The molecule has 2 amide bonds. The minimum absolute atomic E-state index is 0.136. The van der Waals surface area contributed by atoms with Crippen molar-refractivity contribution in [3.8, 4) is 0 Å². The molecule has 0 radical (unpaired) electrons. The summed E-state index contributed by atoms with van der Waals surface area (Å²) in [7, 11) is 0. The fourth-order valence-corrected chi connectivity index (χ4v) is 2.99. The smallest absolute Gasteiger partial charge is 0.409 e. The van der Waals surface area contributed by atoms with Gasteiger partial charge in [-0.2, -0.15) is 0 Å². The van der Waals surface area contributed by atoms with E-state index in [4.69, 9.17) is 4.74 Å². The average molecular weight is 297 g/mol. The summed E-state index contributed by atoms with van der Waals surface area (Å²) in [6, 6.07) is 0.196. The Hall–Kier alpha value is -1.30. The van der Waals surface area contributed by atoms with Crippen molar-refractivity contribution in [2.24, 2.45) is 0 Å². The van der Waals surface area contributed by atoms with Crippen molar-refractivity contribution in [1.82, 2.24) is 15.1 Å². The van der Waals surface area contributed by atoms with Gasteiger partial charge in [-0.1, -0.05) is 0 Å². The van der Waals surface area contributed by atoms with Crippen molar-refractivity contribution in [2.45, 2.75) is 45.1 Å². The summed E-state index contributed by atoms with van der Waals surface area (Å²) in [6.45, 7) is 6.67. The van der Waals surface area contributed by atoms with Gasteiger partial charge in [0.15, 0.2) is 0 Å². The number of hydrogen-bond acceptors (Lipinski definition) is 4. The Labute approximate surface area is 126 Å². The lowest BCUT2D eigenvalue weighted by Gasteiger charge is -2.31. The lowest BCUT2D eigenvalue weighted by molar-refractivity contribution is -0.122. The van der Waals surface area contributed by atoms with Crippen LogP contribution in [-0.2, 0) is 9.53 Å². The van der Waals surface area contributed by atoms with Crippen molar-refractivity contribution < 1.29 is 14.3 Å². The van der Waals surface area contributed by atoms with Gasteiger partial charge in [-0.3, -0.25) is 4.79 Å². The first-order valence-electron chi connectivity index (χ1n) is 8.12. The lowest BCUT2D eigenvalue weighted by Crippen LogP contribution is -2.47. The topological polar surface area (TPSA) is 61.9 Å². The fourth-order valence-electron chi connectivity index (χ4n) is 2.99. The number of carbonyl (C=O) groups excluding carboxylic acids is 2. The fraction of sp³-hybridized carbons (Fsp3) is 0.867. The monoisotopic (exact) mass is 297 g/mol. The highest BCUT2D eigenvalue weighted by Crippen LogP contribution is 2.12. The van der Waals surface area contributed by atoms with E-state index >= 15 is 0 Å². The van der Waals surface area contributed by atoms with E-state index in [0.29, 0.717) is 26.1 Å². The number of likely N-dealkylation sites (tertiary alicyclic amines) is 2. The second-order valence-corrected chi connectivity index (χ2v) is 5.83. The maximum atomic E-state index is 11.9. The van der Waals surface area contributed by atoms with Gasteiger partial charge < -0.3 is 19.9 Å². The maximum absolute atomic E-state index is 11.9. The summed E-state index contributed by atoms with van der Waals surface area (Å²) >= 11 is 0. The molecule has 120 valence electrons. The van der Waals surface area contributed by atoms with Crippen molar-refractivity contribution in [1.29, 1.82) is 0 Å². The highest BCUT2D eigenvalue weighted by atomic mass is 16.6. The van der Waals surface area contributed by atoms with Crippen LogP contribution in [0.4, 0.5) is 4.79 Å². The molecule has 0 bridgehead atoms. The molecule has 0 aromatic carbocycles. The second kappa shape index (κ2) is 8.22. The van der Waals surface area contributed by atoms with Crippen molar-refractivity contribution >= 4 is 12.0 Å². The Balaban J connectivity index is 1.61. The molecular formula is C15H27N3O3. The molecule has 0 unspecified atom stereocenters. The van der Waals surface area contributed by atoms with E-state index in [0.717, 1.165) is 32.5 Å². The molecule has 6 nitrogen and oxygen atoms in total. The third kappa shape index (κ3) is 5.19. The lowest BCUT2D eigenvalue weighted by atomic mass is 10.1. The zero-order valence-electron chi connectivity index (χ0n) is 13.0. The molecule has 0 atom stereocenters. The molecule has 21 heavy (non-hydrogen) atoms. The molecular weight excluding hydrogens is 270 g/mol. The standard InChI is InChI=1S/C15H27N3O3/c1-2-21-15(20)18-11-5-13(6-12-18)16-14(19)7-10-17-8-3-4-9-17/h13H,2-12H2,1H3,(H,16,19). The molecule has 1 N–H and O–H groups in total. The van der Waals surface area contributed by atoms with Gasteiger partial charge in [-0.25, -0.2) is 4.79 Å². The summed E-state index contributed by atoms with van der Waals surface area (Å²) in [5.74, 6) is 0.136. The van der Waals surface area contributed by atoms with E-state index in [-0.39, 0.29) is 18.0 Å². The molecule has 2 rings (SSSR count). The maximum Gasteiger partial charge on any atom is 0.409 e. The van der Waals surface area contributed by atoms with Crippen LogP contribution in [0.25, 0.3) is 0 Å². The van der Waals surface area contributed by atoms with Crippen molar-refractivity contribution in [3.63, 3.8) is 0 Å². The molecule has 2 fully saturated rings. The molecule has 2 heterocycles. The highest BCUT2D eigenvalue weighted by Gasteiger charge is 2.24. The molecule has 2 aliphatic heterocycles. The second-order valence-electron chi connectivity index (χ2n) is 5.83. The number of ether oxygens (including phenoxy) is 1. The number of hydrogen-bond donors (Lipinski definition) is 1. The van der Waals surface area contributed by atoms with Gasteiger partial charge >= 0.3 is 6.09 Å². The van der Waals surface area contributed by atoms with Gasteiger partial charge in [0.1, 0.15) is 0 Å². The van der Waals surface area contributed by atoms with Crippen LogP contribution in [0.2, 0.25) is 0 Å². The van der Waals surface area contributed by atoms with Crippen LogP contribution in [0.15, 0.2) is 0 Å². The Bertz CT molecular complexity index is 348. The molecule has 0 saturated carbocycles. The Morgan fingerprint density at radius 1 is 1.14 bits per heavy atom. The third-order valence-electron chi connectivity index (χ3n) is 4.24. The molecule has 0 aliphatic carbocycles. The molecule has 2 aliphatic rings. The van der Waals surface area contributed by atoms with Gasteiger partial charge in [0.05, 0.1) is 6.61 Å². The molecule has 6 heteroatoms. The average Bonchev–Trinajstić information content (AvgIpc) is 2.99. The van der Waals surface area contributed by atoms with E-state index in [1.165, 1.54) is 12.8 Å². The Morgan fingerprint density at radius 2 is 1.81 bits per heavy atom. The molecule has 0 aromatic rings. The molecule has 2 saturated heterocycles. The third-order valence-corrected chi connectivity index (χ3v) is 4.24. The minimum atomic E-state index is -0.240. The Kier molecular flexibility index (Phi) is 6.29. The largest absolute Gasteiger partial charge is 0.450 e. The van der Waals surface area contributed by atoms with E-state index in [1.54, 1.807) is 4.90 Å². The first-order valence-corrected chi connectivity index (χ1v) is 8.12. The summed E-state index contributed by atoms with van der Waals surface area (Å²) in [5.41, 5.74) is 0. The number of carbonyl (C=O) groups is 2. The summed E-state index contributed by atoms with van der Waals surface area (Å²) in [5, 5.41) is 3.09. The van der Waals surface area contributed by atoms with Gasteiger partial charge in [0.2, 0.25) is 5.91 Å². The quantitative estimate of drug-likeness (QED) is 0.828. The highest BCUT2D eigenvalue weighted by molar-refractivity contribution is 5.76. The first-order chi connectivity index (χ1) is 10.2. The zero-order chi connectivity index (χ0) is 15.1. The SMILES string of the molecule is CCOC(=O)N1CCC(NC(=O)CCN2CCCC2)CC1. The van der Waals surface area contributed by atoms with E-state index in [9.17, 15) is 9.59 Å². The van der Waals surface area contributed by atoms with Gasteiger partial charge in [-0.05, 0) is 45.7 Å². The van der Waals surface area contributed by atoms with Gasteiger partial charge in [0, 0.05) is 32.1 Å². The number of amides is 2. The van der Waals surface area contributed by atoms with Crippen LogP contribution in [0.3, 0.4) is 0 Å². The predicted molar refractivity (Wildman–Crippen MR) is 80.1 cm³/mol. The van der Waals surface area contributed by atoms with Crippen LogP contribution in [0, 0.1) is 0 Å². The van der Waals surface area contributed by atoms with Gasteiger partial charge in [-0.15, -0.1) is 0 Å². The Morgan fingerprint density at radius 3 is 2.43 bits per heavy atom. The van der Waals surface area contributed by atoms with E-state index < -0.39 is 0 Å². The first kappa shape index (κ1) is 16.1. The minimum Gasteiger partial charge on any atom is -0.450 e. The predicted octanol–water partition coefficient (Wildman–Crippen LogP) is 1.21. The number of nitrogens with one attached hydrogen (secondary N) is 1. The van der Waals surface area contributed by atoms with Crippen LogP contribution in [0.1, 0.15) is 39.0 Å². The zero-order valence-corrected chi connectivity index (χ0v) is 13.0. The molecule has 0 aromatic heterocycles. The summed E-state index contributed by atoms with van der Waals surface area (Å²) in [6.07, 6.45) is 4.49. The van der Waals surface area contributed by atoms with Crippen LogP contribution < -0.4 is 5.32 Å². The van der Waals surface area contributed by atoms with Crippen molar-refractivity contribution in [2.75, 3.05) is 39.3 Å². The number of rotatable bonds is 5. The summed E-state index contributed by atoms with van der Waals surface area (Å²) < 4.78 is 4.99. The van der Waals surface area contributed by atoms with E-state index in [1.807, 2.05) is 6.92 Å². The molecule has 0 spiro atoms. The number of piperidine rings is 1. The van der Waals surface area contributed by atoms with Crippen LogP contribution >= 0.6 is 0 Å². The van der Waals surface area contributed by atoms with E-state index in [2.05, 4.69) is 10.2 Å². The van der Waals surface area contributed by atoms with Crippen molar-refractivity contribution in [3.05, 3.63) is 0 Å².